The van der Waals surface area contributed by atoms with Crippen LogP contribution < -0.4 is 5.32 Å². The molecule has 1 N–H and O–H groups in total. The molecule has 24 heavy (non-hydrogen) atoms. The number of benzene rings is 2. The first kappa shape index (κ1) is 17.0. The highest BCUT2D eigenvalue weighted by Crippen LogP contribution is 2.43. The molecule has 1 amide bonds. The monoisotopic (exact) mass is 361 g/mol. The number of ketones is 1. The van der Waals surface area contributed by atoms with E-state index in [0.717, 1.165) is 0 Å². The lowest BCUT2D eigenvalue weighted by Gasteiger charge is -2.11. The number of nitrogens with one attached hydrogen (secondary N) is 1. The number of hydrogen-bond donors (Lipinski definition) is 1. The van der Waals surface area contributed by atoms with Crippen molar-refractivity contribution in [1.82, 2.24) is 0 Å². The molecule has 0 aliphatic carbocycles. The van der Waals surface area contributed by atoms with Crippen LogP contribution >= 0.6 is 23.2 Å². The Hall–Kier alpha value is -1.84. The highest BCUT2D eigenvalue weighted by Gasteiger charge is 2.35. The van der Waals surface area contributed by atoms with Crippen molar-refractivity contribution in [1.29, 1.82) is 0 Å². The number of fused-ring (bicyclic) bond motifs is 1. The fourth-order valence-electron chi connectivity index (χ4n) is 2.93. The van der Waals surface area contributed by atoms with Gasteiger partial charge in [0.15, 0.2) is 5.78 Å². The van der Waals surface area contributed by atoms with Crippen LogP contribution in [0.1, 0.15) is 53.6 Å². The van der Waals surface area contributed by atoms with Crippen molar-refractivity contribution in [3.63, 3.8) is 0 Å². The maximum Gasteiger partial charge on any atom is 0.232 e. The number of hydrogen-bond acceptors (Lipinski definition) is 2. The Balaban J connectivity index is 1.86. The van der Waals surface area contributed by atoms with Gasteiger partial charge in [0.05, 0.1) is 16.6 Å². The number of anilines is 1. The summed E-state index contributed by atoms with van der Waals surface area (Å²) in [7, 11) is 0. The summed E-state index contributed by atoms with van der Waals surface area (Å²) in [5.41, 5.74) is 2.90. The van der Waals surface area contributed by atoms with Crippen LogP contribution in [0.25, 0.3) is 0 Å². The van der Waals surface area contributed by atoms with E-state index in [0.29, 0.717) is 32.8 Å². The molecule has 3 nitrogen and oxygen atoms in total. The first-order valence-electron chi connectivity index (χ1n) is 7.80. The third-order valence-corrected chi connectivity index (χ3v) is 4.99. The van der Waals surface area contributed by atoms with E-state index in [1.54, 1.807) is 12.1 Å². The van der Waals surface area contributed by atoms with Crippen molar-refractivity contribution >= 4 is 40.6 Å². The Morgan fingerprint density at radius 1 is 1.08 bits per heavy atom. The third-order valence-electron chi connectivity index (χ3n) is 4.34. The molecule has 0 radical (unpaired) electrons. The summed E-state index contributed by atoms with van der Waals surface area (Å²) in [6, 6.07) is 10.8. The van der Waals surface area contributed by atoms with E-state index in [2.05, 4.69) is 19.2 Å². The van der Waals surface area contributed by atoms with E-state index >= 15 is 0 Å². The molecule has 1 aliphatic rings. The Morgan fingerprint density at radius 2 is 1.71 bits per heavy atom. The zero-order chi connectivity index (χ0) is 17.4. The Labute approximate surface area is 151 Å². The van der Waals surface area contributed by atoms with E-state index < -0.39 is 5.92 Å². The molecule has 3 rings (SSSR count). The summed E-state index contributed by atoms with van der Waals surface area (Å²) in [6.07, 6.45) is 0.0694. The van der Waals surface area contributed by atoms with Gasteiger partial charge in [-0.25, -0.2) is 0 Å². The normalized spacial score (nSPS) is 16.2. The summed E-state index contributed by atoms with van der Waals surface area (Å²) in [5, 5.41) is 3.60. The average Bonchev–Trinajstić information content (AvgIpc) is 2.89. The van der Waals surface area contributed by atoms with Gasteiger partial charge in [0, 0.05) is 22.6 Å². The molecular formula is C19H17Cl2NO2. The largest absolute Gasteiger partial charge is 0.324 e. The number of halogens is 2. The summed E-state index contributed by atoms with van der Waals surface area (Å²) in [4.78, 5) is 24.8. The van der Waals surface area contributed by atoms with Crippen molar-refractivity contribution in [3.8, 4) is 0 Å². The quantitative estimate of drug-likeness (QED) is 0.738. The second-order valence-corrected chi connectivity index (χ2v) is 7.08. The summed E-state index contributed by atoms with van der Waals surface area (Å²) in [5.74, 6) is -0.535. The van der Waals surface area contributed by atoms with Gasteiger partial charge < -0.3 is 5.32 Å². The zero-order valence-electron chi connectivity index (χ0n) is 13.4. The van der Waals surface area contributed by atoms with Gasteiger partial charge in [-0.1, -0.05) is 61.3 Å². The molecule has 0 aromatic heterocycles. The van der Waals surface area contributed by atoms with Crippen LogP contribution in [0, 0.1) is 0 Å². The smallest absolute Gasteiger partial charge is 0.232 e. The van der Waals surface area contributed by atoms with Gasteiger partial charge in [-0.15, -0.1) is 0 Å². The highest BCUT2D eigenvalue weighted by molar-refractivity contribution is 6.38. The fourth-order valence-corrected chi connectivity index (χ4v) is 3.43. The van der Waals surface area contributed by atoms with Crippen molar-refractivity contribution in [2.75, 3.05) is 5.32 Å². The minimum atomic E-state index is -0.608. The van der Waals surface area contributed by atoms with E-state index in [1.807, 2.05) is 24.3 Å². The van der Waals surface area contributed by atoms with Crippen LogP contribution in [-0.2, 0) is 4.79 Å². The lowest BCUT2D eigenvalue weighted by atomic mass is 9.92. The van der Waals surface area contributed by atoms with E-state index in [9.17, 15) is 9.59 Å². The summed E-state index contributed by atoms with van der Waals surface area (Å²) >= 11 is 12.3. The van der Waals surface area contributed by atoms with Crippen LogP contribution in [0.3, 0.4) is 0 Å². The molecule has 0 fully saturated rings. The fraction of sp³-hybridized carbons (Fsp3) is 0.263. The van der Waals surface area contributed by atoms with Gasteiger partial charge in [0.25, 0.3) is 0 Å². The number of carbonyl (C=O) groups excluding carboxylic acids is 2. The van der Waals surface area contributed by atoms with Crippen LogP contribution in [0.4, 0.5) is 5.69 Å². The van der Waals surface area contributed by atoms with E-state index in [4.69, 9.17) is 23.2 Å². The minimum absolute atomic E-state index is 0.0694. The molecule has 0 bridgehead atoms. The van der Waals surface area contributed by atoms with Gasteiger partial charge >= 0.3 is 0 Å². The number of amides is 1. The van der Waals surface area contributed by atoms with Gasteiger partial charge in [-0.3, -0.25) is 9.59 Å². The van der Waals surface area contributed by atoms with Gasteiger partial charge in [0.1, 0.15) is 0 Å². The molecule has 5 heteroatoms. The minimum Gasteiger partial charge on any atom is -0.324 e. The number of Topliss-reactive ketones (excluding diaryl/α,β-unsaturated/α-hetero) is 1. The summed E-state index contributed by atoms with van der Waals surface area (Å²) < 4.78 is 0. The van der Waals surface area contributed by atoms with Crippen LogP contribution in [0.5, 0.6) is 0 Å². The second-order valence-electron chi connectivity index (χ2n) is 6.26. The first-order valence-corrected chi connectivity index (χ1v) is 8.56. The predicted octanol–water partition coefficient (Wildman–Crippen LogP) is 5.43. The second kappa shape index (κ2) is 6.58. The lowest BCUT2D eigenvalue weighted by Crippen LogP contribution is -2.16. The molecular weight excluding hydrogens is 345 g/mol. The Kier molecular flexibility index (Phi) is 4.66. The SMILES string of the molecule is CC(C)c1ccc(C(=O)CC2C(=O)Nc3c(Cl)ccc(Cl)c32)cc1. The summed E-state index contributed by atoms with van der Waals surface area (Å²) in [6.45, 7) is 4.20. The maximum absolute atomic E-state index is 12.6. The topological polar surface area (TPSA) is 46.2 Å². The molecule has 0 saturated heterocycles. The molecule has 2 aromatic carbocycles. The zero-order valence-corrected chi connectivity index (χ0v) is 14.9. The van der Waals surface area contributed by atoms with Crippen molar-refractivity contribution < 1.29 is 9.59 Å². The van der Waals surface area contributed by atoms with Crippen molar-refractivity contribution in [3.05, 3.63) is 63.1 Å². The number of rotatable bonds is 4. The van der Waals surface area contributed by atoms with Crippen molar-refractivity contribution in [2.24, 2.45) is 0 Å². The first-order chi connectivity index (χ1) is 11.4. The van der Waals surface area contributed by atoms with Crippen LogP contribution in [0.2, 0.25) is 10.0 Å². The molecule has 1 unspecified atom stereocenters. The lowest BCUT2D eigenvalue weighted by molar-refractivity contribution is -0.117. The third kappa shape index (κ3) is 3.06. The molecule has 1 aliphatic heterocycles. The van der Waals surface area contributed by atoms with E-state index in [-0.39, 0.29) is 18.1 Å². The van der Waals surface area contributed by atoms with Crippen molar-refractivity contribution in [2.45, 2.75) is 32.1 Å². The molecule has 1 atom stereocenters. The van der Waals surface area contributed by atoms with Gasteiger partial charge in [-0.05, 0) is 23.6 Å². The number of carbonyl (C=O) groups is 2. The Bertz CT molecular complexity index is 813. The molecule has 124 valence electrons. The standard InChI is InChI=1S/C19H17Cl2NO2/c1-10(2)11-3-5-12(6-4-11)16(23)9-13-17-14(20)7-8-15(21)18(17)22-19(13)24/h3-8,10,13H,9H2,1-2H3,(H,22,24). The highest BCUT2D eigenvalue weighted by atomic mass is 35.5. The van der Waals surface area contributed by atoms with Gasteiger partial charge in [0.2, 0.25) is 5.91 Å². The molecule has 0 saturated carbocycles. The Morgan fingerprint density at radius 3 is 2.33 bits per heavy atom. The van der Waals surface area contributed by atoms with Crippen LogP contribution in [0.15, 0.2) is 36.4 Å². The maximum atomic E-state index is 12.6. The average molecular weight is 362 g/mol. The van der Waals surface area contributed by atoms with E-state index in [1.165, 1.54) is 5.56 Å². The predicted molar refractivity (Wildman–Crippen MR) is 97.3 cm³/mol. The molecule has 1 heterocycles. The molecule has 0 spiro atoms. The van der Waals surface area contributed by atoms with Gasteiger partial charge in [-0.2, -0.15) is 0 Å². The van der Waals surface area contributed by atoms with Crippen LogP contribution in [-0.4, -0.2) is 11.7 Å². The molecule has 2 aromatic rings.